The largest absolute Gasteiger partial charge is 0.493 e. The van der Waals surface area contributed by atoms with Gasteiger partial charge >= 0.3 is 0 Å². The van der Waals surface area contributed by atoms with Crippen LogP contribution in [0.2, 0.25) is 0 Å². The smallest absolute Gasteiger partial charge is 0.118 e. The van der Waals surface area contributed by atoms with E-state index in [1.165, 1.54) is 5.57 Å². The molecule has 1 heterocycles. The Bertz CT molecular complexity index is 233. The lowest BCUT2D eigenvalue weighted by Crippen LogP contribution is -1.80. The zero-order valence-electron chi connectivity index (χ0n) is 7.89. The first-order valence-corrected chi connectivity index (χ1v) is 4.42. The summed E-state index contributed by atoms with van der Waals surface area (Å²) in [5, 5.41) is 0. The van der Waals surface area contributed by atoms with Gasteiger partial charge in [-0.05, 0) is 25.0 Å². The summed E-state index contributed by atoms with van der Waals surface area (Å²) in [6.45, 7) is 8.80. The molecule has 0 amide bonds. The summed E-state index contributed by atoms with van der Waals surface area (Å²) >= 11 is 0. The van der Waals surface area contributed by atoms with Crippen molar-refractivity contribution in [2.45, 2.75) is 26.7 Å². The normalized spacial score (nSPS) is 17.2. The molecule has 1 nitrogen and oxygen atoms in total. The summed E-state index contributed by atoms with van der Waals surface area (Å²) in [5.41, 5.74) is 2.49. The van der Waals surface area contributed by atoms with Crippen LogP contribution in [0.1, 0.15) is 26.7 Å². The van der Waals surface area contributed by atoms with Crippen molar-refractivity contribution in [3.05, 3.63) is 35.6 Å². The number of allylic oxidation sites excluding steroid dienone is 3. The molecule has 0 spiro atoms. The maximum atomic E-state index is 5.46. The van der Waals surface area contributed by atoms with Crippen LogP contribution < -0.4 is 0 Å². The van der Waals surface area contributed by atoms with Gasteiger partial charge in [0, 0.05) is 6.42 Å². The molecule has 0 saturated heterocycles. The topological polar surface area (TPSA) is 9.23 Å². The molecule has 0 aromatic carbocycles. The number of ether oxygens (including phenoxy) is 1. The second kappa shape index (κ2) is 4.15. The Hall–Kier alpha value is -0.980. The van der Waals surface area contributed by atoms with E-state index in [2.05, 4.69) is 13.5 Å². The van der Waals surface area contributed by atoms with Crippen LogP contribution in [-0.4, -0.2) is 6.61 Å². The van der Waals surface area contributed by atoms with Gasteiger partial charge in [-0.2, -0.15) is 0 Å². The van der Waals surface area contributed by atoms with E-state index in [4.69, 9.17) is 4.74 Å². The summed E-state index contributed by atoms with van der Waals surface area (Å²) in [5.74, 6) is 1.06. The molecule has 0 aromatic heterocycles. The van der Waals surface area contributed by atoms with Gasteiger partial charge in [0.15, 0.2) is 0 Å². The van der Waals surface area contributed by atoms with E-state index in [0.717, 1.165) is 30.8 Å². The first-order valence-electron chi connectivity index (χ1n) is 4.42. The van der Waals surface area contributed by atoms with Crippen LogP contribution in [0.3, 0.4) is 0 Å². The average molecular weight is 164 g/mol. The van der Waals surface area contributed by atoms with Gasteiger partial charge in [-0.1, -0.05) is 25.2 Å². The Morgan fingerprint density at radius 2 is 2.42 bits per heavy atom. The number of hydrogen-bond acceptors (Lipinski definition) is 1. The molecule has 0 radical (unpaired) electrons. The highest BCUT2D eigenvalue weighted by molar-refractivity contribution is 5.27. The summed E-state index contributed by atoms with van der Waals surface area (Å²) in [7, 11) is 0. The van der Waals surface area contributed by atoms with Crippen molar-refractivity contribution in [3.63, 3.8) is 0 Å². The van der Waals surface area contributed by atoms with Crippen LogP contribution in [0.5, 0.6) is 0 Å². The van der Waals surface area contributed by atoms with E-state index in [1.807, 2.05) is 19.1 Å². The minimum Gasteiger partial charge on any atom is -0.493 e. The summed E-state index contributed by atoms with van der Waals surface area (Å²) < 4.78 is 5.46. The Balaban J connectivity index is 2.66. The molecule has 0 aromatic rings. The summed E-state index contributed by atoms with van der Waals surface area (Å²) in [6, 6.07) is 0. The first kappa shape index (κ1) is 9.11. The van der Waals surface area contributed by atoms with Gasteiger partial charge in [0.2, 0.25) is 0 Å². The Kier molecular flexibility index (Phi) is 3.15. The van der Waals surface area contributed by atoms with Gasteiger partial charge in [-0.25, -0.2) is 0 Å². The molecule has 0 atom stereocenters. The average Bonchev–Trinajstić information content (AvgIpc) is 2.47. The van der Waals surface area contributed by atoms with Crippen molar-refractivity contribution >= 4 is 0 Å². The van der Waals surface area contributed by atoms with Crippen LogP contribution >= 0.6 is 0 Å². The summed E-state index contributed by atoms with van der Waals surface area (Å²) in [6.07, 6.45) is 6.20. The monoisotopic (exact) mass is 164 g/mol. The fraction of sp³-hybridized carbons (Fsp3) is 0.455. The van der Waals surface area contributed by atoms with E-state index in [-0.39, 0.29) is 0 Å². The third-order valence-corrected chi connectivity index (χ3v) is 1.96. The predicted octanol–water partition coefficient (Wildman–Crippen LogP) is 3.20. The van der Waals surface area contributed by atoms with Crippen LogP contribution in [0.4, 0.5) is 0 Å². The fourth-order valence-corrected chi connectivity index (χ4v) is 1.24. The van der Waals surface area contributed by atoms with E-state index in [9.17, 15) is 0 Å². The maximum absolute atomic E-state index is 5.46. The maximum Gasteiger partial charge on any atom is 0.118 e. The van der Waals surface area contributed by atoms with Gasteiger partial charge in [0.1, 0.15) is 5.76 Å². The van der Waals surface area contributed by atoms with Crippen molar-refractivity contribution in [2.75, 3.05) is 6.61 Å². The first-order chi connectivity index (χ1) is 5.74. The lowest BCUT2D eigenvalue weighted by molar-refractivity contribution is 0.257. The highest BCUT2D eigenvalue weighted by Crippen LogP contribution is 2.22. The predicted molar refractivity (Wildman–Crippen MR) is 51.8 cm³/mol. The van der Waals surface area contributed by atoms with Gasteiger partial charge in [-0.3, -0.25) is 0 Å². The molecule has 0 saturated carbocycles. The van der Waals surface area contributed by atoms with Crippen LogP contribution in [0, 0.1) is 0 Å². The molecule has 1 aliphatic heterocycles. The van der Waals surface area contributed by atoms with Crippen LogP contribution in [-0.2, 0) is 4.74 Å². The van der Waals surface area contributed by atoms with Gasteiger partial charge in [0.25, 0.3) is 0 Å². The van der Waals surface area contributed by atoms with Crippen molar-refractivity contribution in [1.29, 1.82) is 0 Å². The SMILES string of the molecule is C=C(C)/C=C\C1=C(CC)CCO1. The zero-order valence-corrected chi connectivity index (χ0v) is 7.89. The molecule has 1 aliphatic rings. The third-order valence-electron chi connectivity index (χ3n) is 1.96. The van der Waals surface area contributed by atoms with E-state index >= 15 is 0 Å². The highest BCUT2D eigenvalue weighted by Gasteiger charge is 2.10. The lowest BCUT2D eigenvalue weighted by Gasteiger charge is -1.97. The fourth-order valence-electron chi connectivity index (χ4n) is 1.24. The molecule has 0 aliphatic carbocycles. The molecule has 12 heavy (non-hydrogen) atoms. The molecule has 0 N–H and O–H groups in total. The Morgan fingerprint density at radius 1 is 1.67 bits per heavy atom. The highest BCUT2D eigenvalue weighted by atomic mass is 16.5. The molecule has 1 heteroatoms. The van der Waals surface area contributed by atoms with E-state index in [1.54, 1.807) is 0 Å². The van der Waals surface area contributed by atoms with E-state index in [0.29, 0.717) is 0 Å². The number of hydrogen-bond donors (Lipinski definition) is 0. The lowest BCUT2D eigenvalue weighted by atomic mass is 10.1. The van der Waals surface area contributed by atoms with Gasteiger partial charge < -0.3 is 4.74 Å². The standard InChI is InChI=1S/C11H16O/c1-4-10-7-8-12-11(10)6-5-9(2)3/h5-6H,2,4,7-8H2,1,3H3/b6-5-. The van der Waals surface area contributed by atoms with Crippen molar-refractivity contribution in [1.82, 2.24) is 0 Å². The summed E-state index contributed by atoms with van der Waals surface area (Å²) in [4.78, 5) is 0. The molecule has 0 fully saturated rings. The minimum absolute atomic E-state index is 0.846. The molecule has 0 unspecified atom stereocenters. The Labute approximate surface area is 74.4 Å². The quantitative estimate of drug-likeness (QED) is 0.582. The second-order valence-electron chi connectivity index (χ2n) is 3.10. The molecule has 1 rings (SSSR count). The molecular weight excluding hydrogens is 148 g/mol. The van der Waals surface area contributed by atoms with E-state index < -0.39 is 0 Å². The minimum atomic E-state index is 0.846. The number of rotatable bonds is 3. The van der Waals surface area contributed by atoms with Crippen molar-refractivity contribution in [2.24, 2.45) is 0 Å². The second-order valence-corrected chi connectivity index (χ2v) is 3.10. The van der Waals surface area contributed by atoms with Crippen molar-refractivity contribution in [3.8, 4) is 0 Å². The third kappa shape index (κ3) is 2.26. The molecule has 0 bridgehead atoms. The Morgan fingerprint density at radius 3 is 3.00 bits per heavy atom. The zero-order chi connectivity index (χ0) is 8.97. The van der Waals surface area contributed by atoms with Crippen LogP contribution in [0.25, 0.3) is 0 Å². The van der Waals surface area contributed by atoms with Gasteiger partial charge in [-0.15, -0.1) is 0 Å². The molecular formula is C11H16O. The van der Waals surface area contributed by atoms with Crippen molar-refractivity contribution < 1.29 is 4.74 Å². The van der Waals surface area contributed by atoms with Crippen LogP contribution in [0.15, 0.2) is 35.6 Å². The molecule has 66 valence electrons. The van der Waals surface area contributed by atoms with Gasteiger partial charge in [0.05, 0.1) is 6.61 Å².